The van der Waals surface area contributed by atoms with Gasteiger partial charge in [0, 0.05) is 17.1 Å². The highest BCUT2D eigenvalue weighted by molar-refractivity contribution is 7.99. The molecule has 0 radical (unpaired) electrons. The number of amides is 3. The Kier molecular flexibility index (Phi) is 6.65. The number of urea groups is 1. The number of carbonyl (C=O) groups is 2. The van der Waals surface area contributed by atoms with Crippen LogP contribution in [0.15, 0.2) is 29.4 Å². The lowest BCUT2D eigenvalue weighted by Crippen LogP contribution is -2.41. The average molecular weight is 383 g/mol. The van der Waals surface area contributed by atoms with E-state index in [1.807, 2.05) is 13.8 Å². The molecule has 0 fully saturated rings. The molecule has 1 heterocycles. The van der Waals surface area contributed by atoms with Gasteiger partial charge in [-0.3, -0.25) is 10.1 Å². The van der Waals surface area contributed by atoms with Gasteiger partial charge in [-0.15, -0.1) is 10.2 Å². The number of rotatable bonds is 6. The van der Waals surface area contributed by atoms with Crippen LogP contribution in [0.3, 0.4) is 0 Å². The first kappa shape index (κ1) is 19.1. The number of hydrogen-bond acceptors (Lipinski definition) is 6. The van der Waals surface area contributed by atoms with Gasteiger partial charge in [-0.05, 0) is 18.1 Å². The largest absolute Gasteiger partial charge is 0.338 e. The Bertz CT molecular complexity index is 764. The predicted molar refractivity (Wildman–Crippen MR) is 97.7 cm³/mol. The molecule has 25 heavy (non-hydrogen) atoms. The second-order valence-corrected chi connectivity index (χ2v) is 7.01. The molecule has 2 aromatic rings. The molecular formula is C15H19ClN6O2S. The summed E-state index contributed by atoms with van der Waals surface area (Å²) in [5, 5.41) is 13.7. The number of nitrogens with one attached hydrogen (secondary N) is 2. The summed E-state index contributed by atoms with van der Waals surface area (Å²) < 4.78 is 1.28. The maximum Gasteiger partial charge on any atom is 0.321 e. The standard InChI is InChI=1S/C15H19ClN6O2S/c1-9(2)7-18-14(24)19-12(23)8-25-15-21-20-13(22(15)17)10-4-3-5-11(16)6-10/h3-6,9H,7-8,17H2,1-2H3,(H2,18,19,23,24). The summed E-state index contributed by atoms with van der Waals surface area (Å²) in [4.78, 5) is 23.3. The first-order valence-electron chi connectivity index (χ1n) is 7.53. The maximum atomic E-state index is 11.8. The summed E-state index contributed by atoms with van der Waals surface area (Å²) in [6.45, 7) is 4.42. The molecule has 134 valence electrons. The summed E-state index contributed by atoms with van der Waals surface area (Å²) >= 11 is 7.04. The van der Waals surface area contributed by atoms with Gasteiger partial charge in [0.15, 0.2) is 5.82 Å². The Labute approximate surface area is 154 Å². The Morgan fingerprint density at radius 1 is 1.36 bits per heavy atom. The summed E-state index contributed by atoms with van der Waals surface area (Å²) in [6, 6.07) is 6.52. The van der Waals surface area contributed by atoms with Crippen molar-refractivity contribution in [1.82, 2.24) is 25.5 Å². The Morgan fingerprint density at radius 3 is 2.80 bits per heavy atom. The number of nitrogen functional groups attached to an aromatic ring is 1. The van der Waals surface area contributed by atoms with E-state index in [2.05, 4.69) is 20.8 Å². The zero-order chi connectivity index (χ0) is 18.4. The molecule has 10 heteroatoms. The molecule has 1 aromatic carbocycles. The minimum absolute atomic E-state index is 0.0139. The van der Waals surface area contributed by atoms with Crippen LogP contribution in [0.5, 0.6) is 0 Å². The minimum Gasteiger partial charge on any atom is -0.338 e. The second-order valence-electron chi connectivity index (χ2n) is 5.63. The maximum absolute atomic E-state index is 11.8. The summed E-state index contributed by atoms with van der Waals surface area (Å²) in [6.07, 6.45) is 0. The van der Waals surface area contributed by atoms with E-state index in [1.165, 1.54) is 4.68 Å². The molecule has 0 spiro atoms. The van der Waals surface area contributed by atoms with Crippen LogP contribution in [0.25, 0.3) is 11.4 Å². The van der Waals surface area contributed by atoms with Crippen molar-refractivity contribution in [2.45, 2.75) is 19.0 Å². The van der Waals surface area contributed by atoms with E-state index in [4.69, 9.17) is 17.4 Å². The Balaban J connectivity index is 1.91. The van der Waals surface area contributed by atoms with Gasteiger partial charge in [0.2, 0.25) is 11.1 Å². The van der Waals surface area contributed by atoms with Crippen molar-refractivity contribution in [3.05, 3.63) is 29.3 Å². The topological polar surface area (TPSA) is 115 Å². The predicted octanol–water partition coefficient (Wildman–Crippen LogP) is 1.89. The molecule has 0 aliphatic carbocycles. The van der Waals surface area contributed by atoms with E-state index >= 15 is 0 Å². The molecule has 0 saturated carbocycles. The fourth-order valence-electron chi connectivity index (χ4n) is 1.83. The Morgan fingerprint density at radius 2 is 2.12 bits per heavy atom. The van der Waals surface area contributed by atoms with E-state index in [0.29, 0.717) is 34.0 Å². The summed E-state index contributed by atoms with van der Waals surface area (Å²) in [5.41, 5.74) is 0.715. The number of benzene rings is 1. The van der Waals surface area contributed by atoms with Crippen molar-refractivity contribution in [1.29, 1.82) is 0 Å². The molecule has 2 rings (SSSR count). The van der Waals surface area contributed by atoms with Gasteiger partial charge in [0.25, 0.3) is 0 Å². The molecule has 3 amide bonds. The number of imide groups is 1. The molecule has 0 unspecified atom stereocenters. The van der Waals surface area contributed by atoms with Gasteiger partial charge in [-0.1, -0.05) is 49.3 Å². The number of carbonyl (C=O) groups excluding carboxylic acids is 2. The molecule has 1 aromatic heterocycles. The number of nitrogens with zero attached hydrogens (tertiary/aromatic N) is 3. The number of aromatic nitrogens is 3. The zero-order valence-corrected chi connectivity index (χ0v) is 15.4. The molecule has 0 bridgehead atoms. The molecule has 8 nitrogen and oxygen atoms in total. The van der Waals surface area contributed by atoms with Gasteiger partial charge in [0.1, 0.15) is 0 Å². The van der Waals surface area contributed by atoms with Gasteiger partial charge in [-0.25, -0.2) is 9.47 Å². The number of hydrogen-bond donors (Lipinski definition) is 3. The minimum atomic E-state index is -0.520. The van der Waals surface area contributed by atoms with Gasteiger partial charge < -0.3 is 11.2 Å². The van der Waals surface area contributed by atoms with Gasteiger partial charge >= 0.3 is 6.03 Å². The SMILES string of the molecule is CC(C)CNC(=O)NC(=O)CSc1nnc(-c2cccc(Cl)c2)n1N. The van der Waals surface area contributed by atoms with Crippen LogP contribution in [0, 0.1) is 5.92 Å². The van der Waals surface area contributed by atoms with Crippen LogP contribution in [-0.2, 0) is 4.79 Å². The van der Waals surface area contributed by atoms with E-state index in [1.54, 1.807) is 24.3 Å². The fourth-order valence-corrected chi connectivity index (χ4v) is 2.68. The van der Waals surface area contributed by atoms with Crippen LogP contribution in [0.4, 0.5) is 4.79 Å². The highest BCUT2D eigenvalue weighted by atomic mass is 35.5. The smallest absolute Gasteiger partial charge is 0.321 e. The molecule has 0 saturated heterocycles. The van der Waals surface area contributed by atoms with Crippen LogP contribution < -0.4 is 16.5 Å². The monoisotopic (exact) mass is 382 g/mol. The zero-order valence-electron chi connectivity index (χ0n) is 13.8. The van der Waals surface area contributed by atoms with Crippen LogP contribution in [0.1, 0.15) is 13.8 Å². The van der Waals surface area contributed by atoms with Gasteiger partial charge in [-0.2, -0.15) is 0 Å². The number of nitrogens with two attached hydrogens (primary N) is 1. The van der Waals surface area contributed by atoms with Crippen molar-refractivity contribution >= 4 is 35.3 Å². The second kappa shape index (κ2) is 8.72. The number of halogens is 1. The van der Waals surface area contributed by atoms with Crippen molar-refractivity contribution in [2.75, 3.05) is 18.1 Å². The highest BCUT2D eigenvalue weighted by Crippen LogP contribution is 2.23. The third-order valence-electron chi connectivity index (χ3n) is 3.00. The van der Waals surface area contributed by atoms with Crippen molar-refractivity contribution in [3.63, 3.8) is 0 Å². The van der Waals surface area contributed by atoms with Crippen molar-refractivity contribution < 1.29 is 9.59 Å². The Hall–Kier alpha value is -2.26. The van der Waals surface area contributed by atoms with Gasteiger partial charge in [0.05, 0.1) is 5.75 Å². The molecular weight excluding hydrogens is 364 g/mol. The van der Waals surface area contributed by atoms with Crippen LogP contribution in [-0.4, -0.2) is 39.1 Å². The normalized spacial score (nSPS) is 10.7. The van der Waals surface area contributed by atoms with E-state index in [0.717, 1.165) is 11.8 Å². The van der Waals surface area contributed by atoms with Crippen LogP contribution in [0.2, 0.25) is 5.02 Å². The lowest BCUT2D eigenvalue weighted by Gasteiger charge is -2.08. The average Bonchev–Trinajstić information content (AvgIpc) is 2.92. The van der Waals surface area contributed by atoms with Crippen LogP contribution >= 0.6 is 23.4 Å². The highest BCUT2D eigenvalue weighted by Gasteiger charge is 2.15. The van der Waals surface area contributed by atoms with E-state index in [9.17, 15) is 9.59 Å². The lowest BCUT2D eigenvalue weighted by molar-refractivity contribution is -0.117. The molecule has 0 atom stereocenters. The molecule has 0 aliphatic heterocycles. The quantitative estimate of drug-likeness (QED) is 0.519. The molecule has 4 N–H and O–H groups in total. The first-order valence-corrected chi connectivity index (χ1v) is 8.90. The van der Waals surface area contributed by atoms with Crippen molar-refractivity contribution in [2.24, 2.45) is 5.92 Å². The first-order chi connectivity index (χ1) is 11.9. The van der Waals surface area contributed by atoms with E-state index < -0.39 is 11.9 Å². The number of thioether (sulfide) groups is 1. The van der Waals surface area contributed by atoms with E-state index in [-0.39, 0.29) is 5.75 Å². The third-order valence-corrected chi connectivity index (χ3v) is 4.18. The molecule has 0 aliphatic rings. The summed E-state index contributed by atoms with van der Waals surface area (Å²) in [5.74, 6) is 6.24. The lowest BCUT2D eigenvalue weighted by atomic mass is 10.2. The summed E-state index contributed by atoms with van der Waals surface area (Å²) in [7, 11) is 0. The van der Waals surface area contributed by atoms with Crippen molar-refractivity contribution in [3.8, 4) is 11.4 Å². The fraction of sp³-hybridized carbons (Fsp3) is 0.333. The third kappa shape index (κ3) is 5.64.